The zero-order chi connectivity index (χ0) is 24.5. The van der Waals surface area contributed by atoms with Crippen LogP contribution < -0.4 is 10.6 Å². The van der Waals surface area contributed by atoms with Crippen molar-refractivity contribution < 1.29 is 30.0 Å². The molecule has 4 aliphatic rings. The van der Waals surface area contributed by atoms with Crippen LogP contribution in [0.25, 0.3) is 5.76 Å². The molecule has 9 heteroatoms. The first kappa shape index (κ1) is 22.3. The second-order valence-electron chi connectivity index (χ2n) is 9.78. The molecule has 34 heavy (non-hydrogen) atoms. The maximum absolute atomic E-state index is 13.1. The molecular formula is C25H29N3O6. The Morgan fingerprint density at radius 3 is 2.32 bits per heavy atom. The maximum Gasteiger partial charge on any atom is 0.256 e. The molecule has 1 aromatic rings. The van der Waals surface area contributed by atoms with E-state index in [4.69, 9.17) is 5.73 Å². The highest BCUT2D eigenvalue weighted by molar-refractivity contribution is 6.22. The second kappa shape index (κ2) is 7.80. The first-order valence-corrected chi connectivity index (χ1v) is 11.5. The van der Waals surface area contributed by atoms with Gasteiger partial charge in [-0.2, -0.15) is 0 Å². The smallest absolute Gasteiger partial charge is 0.256 e. The molecule has 1 fully saturated rings. The fraction of sp³-hybridized carbons (Fsp3) is 0.440. The van der Waals surface area contributed by atoms with Gasteiger partial charge in [-0.1, -0.05) is 0 Å². The summed E-state index contributed by atoms with van der Waals surface area (Å²) >= 11 is 0. The van der Waals surface area contributed by atoms with E-state index in [1.807, 2.05) is 6.07 Å². The SMILES string of the molecule is CN(C)C1C(=O)C(C(N)=O)=C(O)C2=C(O)C3=C(O)c4c(O)ccc(N5CCCC5)c4C[C@H]3C[C@H]21. The Morgan fingerprint density at radius 2 is 1.71 bits per heavy atom. The zero-order valence-corrected chi connectivity index (χ0v) is 19.2. The molecule has 0 saturated carbocycles. The Labute approximate surface area is 197 Å². The Morgan fingerprint density at radius 1 is 1.03 bits per heavy atom. The van der Waals surface area contributed by atoms with Crippen molar-refractivity contribution in [1.29, 1.82) is 0 Å². The van der Waals surface area contributed by atoms with Gasteiger partial charge in [-0.25, -0.2) is 0 Å². The van der Waals surface area contributed by atoms with Crippen LogP contribution in [0.4, 0.5) is 5.69 Å². The molecule has 1 heterocycles. The number of likely N-dealkylation sites (N-methyl/N-ethyl adjacent to an activating group) is 1. The summed E-state index contributed by atoms with van der Waals surface area (Å²) in [5, 5.41) is 44.1. The number of aromatic hydroxyl groups is 1. The van der Waals surface area contributed by atoms with E-state index in [9.17, 15) is 30.0 Å². The standard InChI is InChI=1S/C25H29N3O6/c1-27(2)20-13-10-11-9-12-14(28-7-3-4-8-28)5-6-15(29)17(12)21(30)16(11)22(31)18(13)23(32)19(24(20)33)25(26)34/h5-6,11,13,20,29-32H,3-4,7-10H2,1-2H3,(H2,26,34)/t11-,13+,20?/m0/s1. The maximum atomic E-state index is 13.1. The van der Waals surface area contributed by atoms with Crippen molar-refractivity contribution in [3.05, 3.63) is 51.5 Å². The van der Waals surface area contributed by atoms with Gasteiger partial charge in [0.05, 0.1) is 11.6 Å². The number of amides is 1. The van der Waals surface area contributed by atoms with E-state index >= 15 is 0 Å². The van der Waals surface area contributed by atoms with E-state index in [0.717, 1.165) is 37.2 Å². The van der Waals surface area contributed by atoms with Crippen molar-refractivity contribution in [3.63, 3.8) is 0 Å². The van der Waals surface area contributed by atoms with Gasteiger partial charge in [0.2, 0.25) is 0 Å². The lowest BCUT2D eigenvalue weighted by atomic mass is 9.64. The molecule has 180 valence electrons. The molecule has 6 N–H and O–H groups in total. The lowest BCUT2D eigenvalue weighted by Crippen LogP contribution is -2.51. The summed E-state index contributed by atoms with van der Waals surface area (Å²) in [5.74, 6) is -3.95. The minimum Gasteiger partial charge on any atom is -0.507 e. The number of rotatable bonds is 3. The molecule has 0 bridgehead atoms. The number of Topliss-reactive ketones (excluding diaryl/α,β-unsaturated/α-hetero) is 1. The number of benzene rings is 1. The second-order valence-corrected chi connectivity index (χ2v) is 9.78. The van der Waals surface area contributed by atoms with E-state index < -0.39 is 35.0 Å². The molecule has 0 aromatic heterocycles. The number of ketones is 1. The highest BCUT2D eigenvalue weighted by atomic mass is 16.3. The molecule has 0 spiro atoms. The van der Waals surface area contributed by atoms with Crippen LogP contribution in [0.2, 0.25) is 0 Å². The van der Waals surface area contributed by atoms with Crippen molar-refractivity contribution in [2.45, 2.75) is 31.7 Å². The van der Waals surface area contributed by atoms with Crippen LogP contribution in [0.5, 0.6) is 5.75 Å². The van der Waals surface area contributed by atoms with E-state index in [1.165, 1.54) is 0 Å². The third kappa shape index (κ3) is 3.03. The van der Waals surface area contributed by atoms with E-state index in [1.54, 1.807) is 25.1 Å². The minimum absolute atomic E-state index is 0.0311. The number of aliphatic hydroxyl groups excluding tert-OH is 3. The van der Waals surface area contributed by atoms with Gasteiger partial charge in [-0.15, -0.1) is 0 Å². The Hall–Kier alpha value is -3.46. The number of carbonyl (C=O) groups is 2. The van der Waals surface area contributed by atoms with Gasteiger partial charge in [0.25, 0.3) is 5.91 Å². The molecule has 3 atom stereocenters. The molecule has 0 radical (unpaired) electrons. The fourth-order valence-electron chi connectivity index (χ4n) is 6.27. The molecule has 1 aliphatic heterocycles. The number of nitrogens with zero attached hydrogens (tertiary/aromatic N) is 2. The topological polar surface area (TPSA) is 148 Å². The molecule has 1 unspecified atom stereocenters. The van der Waals surface area contributed by atoms with Gasteiger partial charge in [0.1, 0.15) is 28.6 Å². The van der Waals surface area contributed by atoms with Crippen LogP contribution in [-0.2, 0) is 16.0 Å². The van der Waals surface area contributed by atoms with Crippen LogP contribution in [0, 0.1) is 11.8 Å². The number of anilines is 1. The van der Waals surface area contributed by atoms with Crippen LogP contribution in [0.1, 0.15) is 30.4 Å². The van der Waals surface area contributed by atoms with Crippen LogP contribution in [0.15, 0.2) is 40.4 Å². The van der Waals surface area contributed by atoms with Crippen LogP contribution in [-0.4, -0.2) is 70.2 Å². The summed E-state index contributed by atoms with van der Waals surface area (Å²) in [6.07, 6.45) is 2.95. The first-order valence-electron chi connectivity index (χ1n) is 11.5. The summed E-state index contributed by atoms with van der Waals surface area (Å²) in [5.41, 5.74) is 7.12. The van der Waals surface area contributed by atoms with Gasteiger partial charge in [0, 0.05) is 35.8 Å². The molecule has 1 aromatic carbocycles. The number of primary amides is 1. The average Bonchev–Trinajstić information content (AvgIpc) is 3.27. The highest BCUT2D eigenvalue weighted by Gasteiger charge is 2.50. The van der Waals surface area contributed by atoms with Crippen molar-refractivity contribution in [2.75, 3.05) is 32.1 Å². The summed E-state index contributed by atoms with van der Waals surface area (Å²) in [6.45, 7) is 1.78. The number of fused-ring (bicyclic) bond motifs is 3. The van der Waals surface area contributed by atoms with Gasteiger partial charge in [-0.3, -0.25) is 14.5 Å². The zero-order valence-electron chi connectivity index (χ0n) is 19.2. The Balaban J connectivity index is 1.74. The fourth-order valence-corrected chi connectivity index (χ4v) is 6.27. The first-order chi connectivity index (χ1) is 16.1. The van der Waals surface area contributed by atoms with Gasteiger partial charge in [-0.05, 0) is 63.4 Å². The van der Waals surface area contributed by atoms with E-state index in [-0.39, 0.29) is 39.9 Å². The predicted molar refractivity (Wildman–Crippen MR) is 125 cm³/mol. The van der Waals surface area contributed by atoms with Crippen molar-refractivity contribution in [2.24, 2.45) is 17.6 Å². The molecule has 5 rings (SSSR count). The molecule has 1 saturated heterocycles. The number of phenolic OH excluding ortho intramolecular Hbond substituents is 1. The van der Waals surface area contributed by atoms with Crippen LogP contribution >= 0.6 is 0 Å². The lowest BCUT2D eigenvalue weighted by molar-refractivity contribution is -0.125. The molecule has 1 amide bonds. The van der Waals surface area contributed by atoms with Gasteiger partial charge >= 0.3 is 0 Å². The van der Waals surface area contributed by atoms with E-state index in [2.05, 4.69) is 4.90 Å². The Kier molecular flexibility index (Phi) is 5.12. The highest BCUT2D eigenvalue weighted by Crippen LogP contribution is 2.53. The largest absolute Gasteiger partial charge is 0.507 e. The number of phenols is 1. The van der Waals surface area contributed by atoms with Crippen molar-refractivity contribution >= 4 is 23.1 Å². The quantitative estimate of drug-likeness (QED) is 0.425. The Bertz CT molecular complexity index is 1210. The minimum atomic E-state index is -1.07. The summed E-state index contributed by atoms with van der Waals surface area (Å²) in [6, 6.07) is 2.61. The summed E-state index contributed by atoms with van der Waals surface area (Å²) in [7, 11) is 3.39. The lowest BCUT2D eigenvalue weighted by Gasteiger charge is -2.43. The molecule has 9 nitrogen and oxygen atoms in total. The van der Waals surface area contributed by atoms with Crippen LogP contribution in [0.3, 0.4) is 0 Å². The third-order valence-electron chi connectivity index (χ3n) is 7.67. The number of carbonyl (C=O) groups excluding carboxylic acids is 2. The number of hydrogen-bond donors (Lipinski definition) is 5. The molecular weight excluding hydrogens is 438 g/mol. The van der Waals surface area contributed by atoms with Crippen molar-refractivity contribution in [3.8, 4) is 5.75 Å². The monoisotopic (exact) mass is 467 g/mol. The van der Waals surface area contributed by atoms with Gasteiger partial charge < -0.3 is 31.1 Å². The number of nitrogens with two attached hydrogens (primary N) is 1. The normalized spacial score (nSPS) is 26.7. The number of aliphatic hydroxyl groups is 3. The third-order valence-corrected chi connectivity index (χ3v) is 7.67. The summed E-state index contributed by atoms with van der Waals surface area (Å²) < 4.78 is 0. The molecule has 3 aliphatic carbocycles. The van der Waals surface area contributed by atoms with Gasteiger partial charge in [0.15, 0.2) is 5.78 Å². The number of allylic oxidation sites excluding steroid dienone is 2. The predicted octanol–water partition coefficient (Wildman–Crippen LogP) is 2.08. The average molecular weight is 468 g/mol. The van der Waals surface area contributed by atoms with Crippen molar-refractivity contribution in [1.82, 2.24) is 4.90 Å². The number of hydrogen-bond acceptors (Lipinski definition) is 8. The summed E-state index contributed by atoms with van der Waals surface area (Å²) in [4.78, 5) is 29.0. The van der Waals surface area contributed by atoms with E-state index in [0.29, 0.717) is 12.8 Å².